The molecule has 0 aliphatic carbocycles. The van der Waals surface area contributed by atoms with Gasteiger partial charge < -0.3 is 5.32 Å². The first kappa shape index (κ1) is 16.6. The molecule has 1 unspecified atom stereocenters. The first-order valence-electron chi connectivity index (χ1n) is 8.25. The average molecular weight is 364 g/mol. The highest BCUT2D eigenvalue weighted by atomic mass is 35.5. The molecular weight excluding hydrogens is 349 g/mol. The smallest absolute Gasteiger partial charge is 0.252 e. The topological polar surface area (TPSA) is 29.1 Å². The van der Waals surface area contributed by atoms with Gasteiger partial charge in [0, 0.05) is 16.1 Å². The van der Waals surface area contributed by atoms with Crippen molar-refractivity contribution in [3.63, 3.8) is 0 Å². The second kappa shape index (κ2) is 6.77. The molecule has 0 saturated heterocycles. The fraction of sp³-hybridized carbons (Fsp3) is 0.0455. The molecule has 0 radical (unpaired) electrons. The maximum Gasteiger partial charge on any atom is 0.252 e. The van der Waals surface area contributed by atoms with Gasteiger partial charge in [0.1, 0.15) is 5.82 Å². The van der Waals surface area contributed by atoms with Gasteiger partial charge in [0.2, 0.25) is 0 Å². The van der Waals surface area contributed by atoms with Crippen molar-refractivity contribution in [3.8, 4) is 0 Å². The number of amides is 1. The number of rotatable bonds is 3. The normalized spacial score (nSPS) is 15.9. The van der Waals surface area contributed by atoms with Crippen LogP contribution in [0, 0.1) is 5.82 Å². The lowest BCUT2D eigenvalue weighted by atomic mass is 9.93. The molecule has 1 amide bonds. The van der Waals surface area contributed by atoms with Crippen LogP contribution in [-0.2, 0) is 0 Å². The van der Waals surface area contributed by atoms with Gasteiger partial charge in [0.15, 0.2) is 0 Å². The molecule has 1 atom stereocenters. The summed E-state index contributed by atoms with van der Waals surface area (Å²) in [5.41, 5.74) is 3.92. The van der Waals surface area contributed by atoms with Gasteiger partial charge in [-0.05, 0) is 41.0 Å². The fourth-order valence-electron chi connectivity index (χ4n) is 3.25. The summed E-state index contributed by atoms with van der Waals surface area (Å²) >= 11 is 6.28. The summed E-state index contributed by atoms with van der Waals surface area (Å²) in [7, 11) is 0. The molecule has 1 aliphatic rings. The van der Waals surface area contributed by atoms with E-state index < -0.39 is 6.04 Å². The molecule has 26 heavy (non-hydrogen) atoms. The van der Waals surface area contributed by atoms with E-state index in [2.05, 4.69) is 5.32 Å². The van der Waals surface area contributed by atoms with E-state index in [0.29, 0.717) is 16.1 Å². The number of benzene rings is 3. The second-order valence-corrected chi connectivity index (χ2v) is 6.53. The Labute approximate surface area is 155 Å². The summed E-state index contributed by atoms with van der Waals surface area (Å²) in [5, 5.41) is 3.34. The number of hydrogen-bond donors (Lipinski definition) is 1. The van der Waals surface area contributed by atoms with E-state index in [-0.39, 0.29) is 11.7 Å². The zero-order chi connectivity index (χ0) is 18.1. The predicted molar refractivity (Wildman–Crippen MR) is 103 cm³/mol. The zero-order valence-corrected chi connectivity index (χ0v) is 14.5. The second-order valence-electron chi connectivity index (χ2n) is 6.12. The van der Waals surface area contributed by atoms with Crippen LogP contribution < -0.4 is 5.32 Å². The highest BCUT2D eigenvalue weighted by Gasteiger charge is 2.32. The van der Waals surface area contributed by atoms with Crippen molar-refractivity contribution in [2.75, 3.05) is 0 Å². The maximum absolute atomic E-state index is 13.8. The van der Waals surface area contributed by atoms with Gasteiger partial charge in [-0.25, -0.2) is 4.39 Å². The third-order valence-corrected chi connectivity index (χ3v) is 4.82. The minimum absolute atomic E-state index is 0.180. The fourth-order valence-corrected chi connectivity index (χ4v) is 3.48. The Bertz CT molecular complexity index is 1010. The maximum atomic E-state index is 13.8. The monoisotopic (exact) mass is 363 g/mol. The number of hydrogen-bond acceptors (Lipinski definition) is 1. The summed E-state index contributed by atoms with van der Waals surface area (Å²) in [6.45, 7) is 0. The van der Waals surface area contributed by atoms with Gasteiger partial charge >= 0.3 is 0 Å². The van der Waals surface area contributed by atoms with Crippen LogP contribution in [0.15, 0.2) is 66.7 Å². The Morgan fingerprint density at radius 2 is 1.77 bits per heavy atom. The zero-order valence-electron chi connectivity index (χ0n) is 13.7. The van der Waals surface area contributed by atoms with Crippen LogP contribution in [0.4, 0.5) is 4.39 Å². The van der Waals surface area contributed by atoms with Crippen molar-refractivity contribution >= 4 is 29.7 Å². The lowest BCUT2D eigenvalue weighted by Crippen LogP contribution is -2.20. The SMILES string of the molecule is O=C1NC(c2cc(F)ccc2Cl)c2c(/C=C/c3ccccc3)cccc21. The third kappa shape index (κ3) is 3.02. The number of carbonyl (C=O) groups excluding carboxylic acids is 1. The highest BCUT2D eigenvalue weighted by molar-refractivity contribution is 6.31. The van der Waals surface area contributed by atoms with Gasteiger partial charge in [0.25, 0.3) is 5.91 Å². The molecule has 3 aromatic carbocycles. The summed E-state index contributed by atoms with van der Waals surface area (Å²) in [5.74, 6) is -0.565. The molecular formula is C22H15ClFNO. The van der Waals surface area contributed by atoms with Crippen LogP contribution in [0.2, 0.25) is 5.02 Å². The summed E-state index contributed by atoms with van der Waals surface area (Å²) in [6, 6.07) is 19.2. The van der Waals surface area contributed by atoms with Crippen LogP contribution in [0.25, 0.3) is 12.2 Å². The van der Waals surface area contributed by atoms with E-state index in [9.17, 15) is 9.18 Å². The summed E-state index contributed by atoms with van der Waals surface area (Å²) < 4.78 is 13.8. The standard InChI is InChI=1S/C22H15ClFNO/c23-19-12-11-16(24)13-18(19)21-20-15(7-4-8-17(20)22(26)25-21)10-9-14-5-2-1-3-6-14/h1-13,21H,(H,25,26)/b10-9+. The van der Waals surface area contributed by atoms with E-state index in [4.69, 9.17) is 11.6 Å². The number of halogens is 2. The highest BCUT2D eigenvalue weighted by Crippen LogP contribution is 2.37. The molecule has 0 saturated carbocycles. The quantitative estimate of drug-likeness (QED) is 0.613. The molecule has 4 rings (SSSR count). The van der Waals surface area contributed by atoms with Gasteiger partial charge in [-0.15, -0.1) is 0 Å². The van der Waals surface area contributed by atoms with Gasteiger partial charge in [0.05, 0.1) is 6.04 Å². The molecule has 0 aromatic heterocycles. The van der Waals surface area contributed by atoms with Crippen molar-refractivity contribution < 1.29 is 9.18 Å². The Kier molecular flexibility index (Phi) is 4.31. The molecule has 128 valence electrons. The van der Waals surface area contributed by atoms with E-state index in [0.717, 1.165) is 16.7 Å². The van der Waals surface area contributed by atoms with Crippen molar-refractivity contribution in [2.24, 2.45) is 0 Å². The molecule has 4 heteroatoms. The van der Waals surface area contributed by atoms with Crippen LogP contribution in [0.5, 0.6) is 0 Å². The molecule has 1 heterocycles. The van der Waals surface area contributed by atoms with E-state index >= 15 is 0 Å². The molecule has 0 spiro atoms. The number of nitrogens with one attached hydrogen (secondary N) is 1. The third-order valence-electron chi connectivity index (χ3n) is 4.47. The molecule has 0 fully saturated rings. The van der Waals surface area contributed by atoms with Gasteiger partial charge in [-0.3, -0.25) is 4.79 Å². The Morgan fingerprint density at radius 3 is 2.58 bits per heavy atom. The van der Waals surface area contributed by atoms with E-state index in [1.165, 1.54) is 18.2 Å². The van der Waals surface area contributed by atoms with Crippen LogP contribution in [0.3, 0.4) is 0 Å². The molecule has 2 nitrogen and oxygen atoms in total. The first-order valence-corrected chi connectivity index (χ1v) is 8.63. The van der Waals surface area contributed by atoms with E-state index in [1.807, 2.05) is 54.6 Å². The minimum Gasteiger partial charge on any atom is -0.341 e. The number of fused-ring (bicyclic) bond motifs is 1. The minimum atomic E-state index is -0.475. The summed E-state index contributed by atoms with van der Waals surface area (Å²) in [6.07, 6.45) is 3.96. The molecule has 0 bridgehead atoms. The van der Waals surface area contributed by atoms with Crippen molar-refractivity contribution in [1.82, 2.24) is 5.32 Å². The largest absolute Gasteiger partial charge is 0.341 e. The predicted octanol–water partition coefficient (Wildman–Crippen LogP) is 5.48. The Morgan fingerprint density at radius 1 is 0.962 bits per heavy atom. The lowest BCUT2D eigenvalue weighted by Gasteiger charge is -2.16. The van der Waals surface area contributed by atoms with Crippen LogP contribution in [-0.4, -0.2) is 5.91 Å². The Hall–Kier alpha value is -2.91. The van der Waals surface area contributed by atoms with E-state index in [1.54, 1.807) is 6.07 Å². The lowest BCUT2D eigenvalue weighted by molar-refractivity contribution is 0.0960. The first-order chi connectivity index (χ1) is 12.6. The van der Waals surface area contributed by atoms with Gasteiger partial charge in [-0.1, -0.05) is 66.2 Å². The van der Waals surface area contributed by atoms with Crippen molar-refractivity contribution in [3.05, 3.63) is 105 Å². The number of carbonyl (C=O) groups is 1. The molecule has 1 N–H and O–H groups in total. The van der Waals surface area contributed by atoms with Crippen molar-refractivity contribution in [2.45, 2.75) is 6.04 Å². The van der Waals surface area contributed by atoms with Crippen LogP contribution in [0.1, 0.15) is 38.7 Å². The average Bonchev–Trinajstić information content (AvgIpc) is 3.00. The van der Waals surface area contributed by atoms with Crippen LogP contribution >= 0.6 is 11.6 Å². The Balaban J connectivity index is 1.82. The van der Waals surface area contributed by atoms with Gasteiger partial charge in [-0.2, -0.15) is 0 Å². The molecule has 3 aromatic rings. The summed E-state index contributed by atoms with van der Waals surface area (Å²) in [4.78, 5) is 12.4. The molecule has 1 aliphatic heterocycles. The van der Waals surface area contributed by atoms with Crippen molar-refractivity contribution in [1.29, 1.82) is 0 Å².